The van der Waals surface area contributed by atoms with Gasteiger partial charge in [0.15, 0.2) is 0 Å². The van der Waals surface area contributed by atoms with Crippen LogP contribution in [0.5, 0.6) is 0 Å². The van der Waals surface area contributed by atoms with Crippen LogP contribution in [0.3, 0.4) is 0 Å². The summed E-state index contributed by atoms with van der Waals surface area (Å²) >= 11 is 1.77. The van der Waals surface area contributed by atoms with Crippen molar-refractivity contribution in [2.75, 3.05) is 12.8 Å². The summed E-state index contributed by atoms with van der Waals surface area (Å²) in [6.07, 6.45) is 2.09. The van der Waals surface area contributed by atoms with Gasteiger partial charge in [-0.05, 0) is 24.0 Å². The molecule has 1 N–H and O–H groups in total. The maximum atomic E-state index is 4.30. The Morgan fingerprint density at radius 1 is 1.36 bits per heavy atom. The van der Waals surface area contributed by atoms with Gasteiger partial charge < -0.3 is 5.43 Å². The molecule has 1 aromatic carbocycles. The second-order valence-electron chi connectivity index (χ2n) is 3.49. The lowest BCUT2D eigenvalue weighted by Crippen LogP contribution is -2.12. The van der Waals surface area contributed by atoms with Gasteiger partial charge in [-0.15, -0.1) is 11.8 Å². The SMILES string of the molecule is CSc1ccc(C2=NNCC2C)cc1. The van der Waals surface area contributed by atoms with E-state index in [1.165, 1.54) is 16.2 Å². The van der Waals surface area contributed by atoms with Gasteiger partial charge in [0.1, 0.15) is 0 Å². The lowest BCUT2D eigenvalue weighted by Gasteiger charge is -2.05. The van der Waals surface area contributed by atoms with Crippen LogP contribution in [0.1, 0.15) is 12.5 Å². The van der Waals surface area contributed by atoms with E-state index in [1.807, 2.05) is 0 Å². The summed E-state index contributed by atoms with van der Waals surface area (Å²) < 4.78 is 0. The quantitative estimate of drug-likeness (QED) is 0.751. The Morgan fingerprint density at radius 3 is 2.57 bits per heavy atom. The van der Waals surface area contributed by atoms with Crippen molar-refractivity contribution < 1.29 is 0 Å². The molecule has 14 heavy (non-hydrogen) atoms. The van der Waals surface area contributed by atoms with E-state index in [9.17, 15) is 0 Å². The maximum Gasteiger partial charge on any atom is 0.0721 e. The number of nitrogens with zero attached hydrogens (tertiary/aromatic N) is 1. The van der Waals surface area contributed by atoms with E-state index in [0.29, 0.717) is 5.92 Å². The predicted octanol–water partition coefficient (Wildman–Crippen LogP) is 2.35. The fraction of sp³-hybridized carbons (Fsp3) is 0.364. The van der Waals surface area contributed by atoms with Crippen LogP contribution in [0.4, 0.5) is 0 Å². The average molecular weight is 206 g/mol. The molecule has 3 heteroatoms. The van der Waals surface area contributed by atoms with Gasteiger partial charge in [-0.2, -0.15) is 5.10 Å². The Labute approximate surface area is 88.8 Å². The monoisotopic (exact) mass is 206 g/mol. The minimum atomic E-state index is 0.523. The molecule has 0 amide bonds. The minimum absolute atomic E-state index is 0.523. The molecule has 0 aromatic heterocycles. The van der Waals surface area contributed by atoms with Crippen molar-refractivity contribution in [2.45, 2.75) is 11.8 Å². The lowest BCUT2D eigenvalue weighted by molar-refractivity contribution is 0.708. The number of nitrogens with one attached hydrogen (secondary N) is 1. The summed E-state index contributed by atoms with van der Waals surface area (Å²) in [7, 11) is 0. The van der Waals surface area contributed by atoms with E-state index < -0.39 is 0 Å². The van der Waals surface area contributed by atoms with Crippen LogP contribution in [0, 0.1) is 5.92 Å². The van der Waals surface area contributed by atoms with Gasteiger partial charge in [0.25, 0.3) is 0 Å². The highest BCUT2D eigenvalue weighted by Gasteiger charge is 2.17. The van der Waals surface area contributed by atoms with Crippen molar-refractivity contribution in [1.82, 2.24) is 5.43 Å². The first-order valence-corrected chi connectivity index (χ1v) is 5.98. The molecule has 0 radical (unpaired) electrons. The van der Waals surface area contributed by atoms with Crippen molar-refractivity contribution in [1.29, 1.82) is 0 Å². The Morgan fingerprint density at radius 2 is 2.07 bits per heavy atom. The van der Waals surface area contributed by atoms with E-state index in [4.69, 9.17) is 0 Å². The Balaban J connectivity index is 2.24. The number of benzene rings is 1. The number of hydrogen-bond acceptors (Lipinski definition) is 3. The molecular formula is C11H14N2S. The second kappa shape index (κ2) is 4.05. The Kier molecular flexibility index (Phi) is 2.77. The van der Waals surface area contributed by atoms with Crippen LogP contribution < -0.4 is 5.43 Å². The smallest absolute Gasteiger partial charge is 0.0721 e. The van der Waals surface area contributed by atoms with E-state index >= 15 is 0 Å². The van der Waals surface area contributed by atoms with Crippen molar-refractivity contribution >= 4 is 17.5 Å². The Hall–Kier alpha value is -0.960. The topological polar surface area (TPSA) is 24.4 Å². The zero-order valence-corrected chi connectivity index (χ0v) is 9.27. The van der Waals surface area contributed by atoms with Crippen molar-refractivity contribution in [3.63, 3.8) is 0 Å². The average Bonchev–Trinajstić information content (AvgIpc) is 2.65. The minimum Gasteiger partial charge on any atom is -0.309 e. The third-order valence-electron chi connectivity index (χ3n) is 2.45. The van der Waals surface area contributed by atoms with Crippen molar-refractivity contribution in [3.05, 3.63) is 29.8 Å². The number of thioether (sulfide) groups is 1. The summed E-state index contributed by atoms with van der Waals surface area (Å²) in [5.74, 6) is 0.523. The molecule has 0 bridgehead atoms. The van der Waals surface area contributed by atoms with Crippen LogP contribution in [0.25, 0.3) is 0 Å². The highest BCUT2D eigenvalue weighted by atomic mass is 32.2. The van der Waals surface area contributed by atoms with Gasteiger partial charge in [0, 0.05) is 17.4 Å². The third-order valence-corrected chi connectivity index (χ3v) is 3.19. The second-order valence-corrected chi connectivity index (χ2v) is 4.37. The zero-order valence-electron chi connectivity index (χ0n) is 8.45. The van der Waals surface area contributed by atoms with Gasteiger partial charge in [0.2, 0.25) is 0 Å². The molecule has 0 saturated heterocycles. The Bertz CT molecular complexity index is 343. The van der Waals surface area contributed by atoms with Crippen LogP contribution in [0.2, 0.25) is 0 Å². The van der Waals surface area contributed by atoms with Gasteiger partial charge in [0.05, 0.1) is 5.71 Å². The summed E-state index contributed by atoms with van der Waals surface area (Å²) in [4.78, 5) is 1.30. The van der Waals surface area contributed by atoms with Gasteiger partial charge in [-0.3, -0.25) is 0 Å². The normalized spacial score (nSPS) is 20.4. The number of hydrazone groups is 1. The fourth-order valence-corrected chi connectivity index (χ4v) is 1.99. The van der Waals surface area contributed by atoms with Crippen LogP contribution >= 0.6 is 11.8 Å². The molecule has 2 rings (SSSR count). The number of hydrogen-bond donors (Lipinski definition) is 1. The molecule has 1 unspecified atom stereocenters. The molecular weight excluding hydrogens is 192 g/mol. The largest absolute Gasteiger partial charge is 0.309 e. The molecule has 0 fully saturated rings. The maximum absolute atomic E-state index is 4.30. The van der Waals surface area contributed by atoms with Crippen molar-refractivity contribution in [3.8, 4) is 0 Å². The van der Waals surface area contributed by atoms with Crippen LogP contribution in [-0.4, -0.2) is 18.5 Å². The first-order chi connectivity index (χ1) is 6.81. The highest BCUT2D eigenvalue weighted by Crippen LogP contribution is 2.18. The molecule has 0 aliphatic carbocycles. The van der Waals surface area contributed by atoms with Crippen LogP contribution in [-0.2, 0) is 0 Å². The summed E-state index contributed by atoms with van der Waals surface area (Å²) in [6.45, 7) is 3.15. The molecule has 0 saturated carbocycles. The van der Waals surface area contributed by atoms with E-state index in [1.54, 1.807) is 11.8 Å². The fourth-order valence-electron chi connectivity index (χ4n) is 1.59. The third kappa shape index (κ3) is 1.77. The van der Waals surface area contributed by atoms with Gasteiger partial charge >= 0.3 is 0 Å². The summed E-state index contributed by atoms with van der Waals surface area (Å²) in [5, 5.41) is 4.30. The standard InChI is InChI=1S/C11H14N2S/c1-8-7-12-13-11(8)9-3-5-10(14-2)6-4-9/h3-6,8,12H,7H2,1-2H3. The van der Waals surface area contributed by atoms with E-state index in [-0.39, 0.29) is 0 Å². The molecule has 74 valence electrons. The van der Waals surface area contributed by atoms with Gasteiger partial charge in [-0.1, -0.05) is 19.1 Å². The van der Waals surface area contributed by atoms with Gasteiger partial charge in [-0.25, -0.2) is 0 Å². The molecule has 1 heterocycles. The first-order valence-electron chi connectivity index (χ1n) is 4.76. The summed E-state index contributed by atoms with van der Waals surface area (Å²) in [5.41, 5.74) is 5.45. The van der Waals surface area contributed by atoms with E-state index in [0.717, 1.165) is 6.54 Å². The summed E-state index contributed by atoms with van der Waals surface area (Å²) in [6, 6.07) is 8.59. The molecule has 1 aromatic rings. The molecule has 1 aliphatic rings. The molecule has 1 atom stereocenters. The molecule has 2 nitrogen and oxygen atoms in total. The molecule has 1 aliphatic heterocycles. The van der Waals surface area contributed by atoms with E-state index in [2.05, 4.69) is 48.0 Å². The predicted molar refractivity (Wildman–Crippen MR) is 61.9 cm³/mol. The first kappa shape index (κ1) is 9.59. The highest BCUT2D eigenvalue weighted by molar-refractivity contribution is 7.98. The molecule has 0 spiro atoms. The zero-order chi connectivity index (χ0) is 9.97. The van der Waals surface area contributed by atoms with Crippen molar-refractivity contribution in [2.24, 2.45) is 11.0 Å². The lowest BCUT2D eigenvalue weighted by atomic mass is 10.00. The van der Waals surface area contributed by atoms with Crippen LogP contribution in [0.15, 0.2) is 34.3 Å². The number of rotatable bonds is 2.